The molecule has 19 heavy (non-hydrogen) atoms. The highest BCUT2D eigenvalue weighted by atomic mass is 32.2. The Morgan fingerprint density at radius 3 is 2.37 bits per heavy atom. The van der Waals surface area contributed by atoms with Crippen molar-refractivity contribution in [2.75, 3.05) is 11.9 Å². The molecule has 0 aliphatic rings. The Hall–Kier alpha value is -1.11. The summed E-state index contributed by atoms with van der Waals surface area (Å²) in [6.45, 7) is 2.25. The summed E-state index contributed by atoms with van der Waals surface area (Å²) in [5.74, 6) is 0. The number of benzene rings is 1. The van der Waals surface area contributed by atoms with Gasteiger partial charge in [-0.2, -0.15) is 8.42 Å². The van der Waals surface area contributed by atoms with Gasteiger partial charge in [0, 0.05) is 5.69 Å². The summed E-state index contributed by atoms with van der Waals surface area (Å²) < 4.78 is 33.1. The van der Waals surface area contributed by atoms with Crippen molar-refractivity contribution in [1.29, 1.82) is 0 Å². The minimum atomic E-state index is -4.21. The Morgan fingerprint density at radius 1 is 1.26 bits per heavy atom. The molecule has 0 aliphatic heterocycles. The van der Waals surface area contributed by atoms with Crippen molar-refractivity contribution >= 4 is 15.8 Å². The van der Waals surface area contributed by atoms with E-state index in [0.717, 1.165) is 6.42 Å². The predicted octanol–water partition coefficient (Wildman–Crippen LogP) is 2.22. The molecule has 0 heterocycles. The Labute approximate surface area is 115 Å². The van der Waals surface area contributed by atoms with Gasteiger partial charge in [0.1, 0.15) is 0 Å². The van der Waals surface area contributed by atoms with Crippen LogP contribution in [0.4, 0.5) is 5.69 Å². The number of rotatable bonds is 8. The zero-order chi connectivity index (χ0) is 14.4. The summed E-state index contributed by atoms with van der Waals surface area (Å²) in [5, 5.41) is 2.96. The molecule has 1 rings (SSSR count). The van der Waals surface area contributed by atoms with Crippen LogP contribution in [0.15, 0.2) is 30.3 Å². The van der Waals surface area contributed by atoms with Gasteiger partial charge in [-0.1, -0.05) is 25.1 Å². The van der Waals surface area contributed by atoms with E-state index in [1.54, 1.807) is 19.1 Å². The Bertz CT molecular complexity index is 476. The van der Waals surface area contributed by atoms with Crippen molar-refractivity contribution < 1.29 is 13.0 Å². The van der Waals surface area contributed by atoms with Crippen LogP contribution < -0.4 is 11.1 Å². The van der Waals surface area contributed by atoms with Gasteiger partial charge in [0.2, 0.25) is 0 Å². The molecule has 0 spiro atoms. The highest BCUT2D eigenvalue weighted by molar-refractivity contribution is 7.87. The molecule has 4 N–H and O–H groups in total. The average molecular weight is 286 g/mol. The fourth-order valence-corrected chi connectivity index (χ4v) is 3.06. The van der Waals surface area contributed by atoms with Crippen molar-refractivity contribution in [3.05, 3.63) is 30.3 Å². The number of unbranched alkanes of at least 4 members (excludes halogenated alkanes) is 1. The molecule has 0 aliphatic carbocycles. The van der Waals surface area contributed by atoms with Crippen LogP contribution in [0.1, 0.15) is 32.6 Å². The zero-order valence-electron chi connectivity index (χ0n) is 11.2. The Kier molecular flexibility index (Phi) is 5.78. The van der Waals surface area contributed by atoms with Crippen molar-refractivity contribution in [1.82, 2.24) is 0 Å². The lowest BCUT2D eigenvalue weighted by molar-refractivity contribution is 0.411. The van der Waals surface area contributed by atoms with E-state index in [-0.39, 0.29) is 6.42 Å². The number of hydrogen-bond donors (Lipinski definition) is 3. The normalized spacial score (nSPS) is 14.9. The summed E-state index contributed by atoms with van der Waals surface area (Å²) in [7, 11) is -4.21. The SMILES string of the molecule is CCC(CCCCN)(Nc1ccccc1)S(=O)(=O)O. The zero-order valence-corrected chi connectivity index (χ0v) is 12.0. The van der Waals surface area contributed by atoms with E-state index in [4.69, 9.17) is 5.73 Å². The lowest BCUT2D eigenvalue weighted by Gasteiger charge is -2.31. The summed E-state index contributed by atoms with van der Waals surface area (Å²) in [4.78, 5) is -1.34. The number of nitrogens with one attached hydrogen (secondary N) is 1. The smallest absolute Gasteiger partial charge is 0.289 e. The average Bonchev–Trinajstić information content (AvgIpc) is 2.37. The lowest BCUT2D eigenvalue weighted by atomic mass is 10.1. The van der Waals surface area contributed by atoms with Crippen LogP contribution >= 0.6 is 0 Å². The van der Waals surface area contributed by atoms with Gasteiger partial charge in [-0.25, -0.2) is 0 Å². The van der Waals surface area contributed by atoms with Crippen LogP contribution in [0.2, 0.25) is 0 Å². The standard InChI is InChI=1S/C13H22N2O3S/c1-2-13(19(16,17)18,10-6-7-11-14)15-12-8-4-3-5-9-12/h3-5,8-9,15H,2,6-7,10-11,14H2,1H3,(H,16,17,18). The molecular formula is C13H22N2O3S. The summed E-state index contributed by atoms with van der Waals surface area (Å²) in [6.07, 6.45) is 1.98. The van der Waals surface area contributed by atoms with Crippen LogP contribution in [0.5, 0.6) is 0 Å². The largest absolute Gasteiger partial charge is 0.365 e. The molecule has 0 radical (unpaired) electrons. The number of nitrogens with two attached hydrogens (primary N) is 1. The first-order chi connectivity index (χ1) is 8.95. The van der Waals surface area contributed by atoms with Crippen LogP contribution in [0, 0.1) is 0 Å². The highest BCUT2D eigenvalue weighted by Gasteiger charge is 2.40. The van der Waals surface area contributed by atoms with Crippen molar-refractivity contribution in [2.45, 2.75) is 37.5 Å². The van der Waals surface area contributed by atoms with E-state index in [0.29, 0.717) is 25.1 Å². The molecule has 0 fully saturated rings. The van der Waals surface area contributed by atoms with E-state index >= 15 is 0 Å². The second-order valence-corrected chi connectivity index (χ2v) is 6.29. The Balaban J connectivity index is 2.97. The predicted molar refractivity (Wildman–Crippen MR) is 77.5 cm³/mol. The Morgan fingerprint density at radius 2 is 1.89 bits per heavy atom. The molecule has 5 nitrogen and oxygen atoms in total. The molecule has 0 amide bonds. The fraction of sp³-hybridized carbons (Fsp3) is 0.538. The molecule has 1 atom stereocenters. The third-order valence-corrected chi connectivity index (χ3v) is 4.83. The second-order valence-electron chi connectivity index (χ2n) is 4.56. The van der Waals surface area contributed by atoms with Crippen LogP contribution in [-0.4, -0.2) is 24.4 Å². The van der Waals surface area contributed by atoms with Gasteiger partial charge in [0.05, 0.1) is 0 Å². The lowest BCUT2D eigenvalue weighted by Crippen LogP contribution is -2.45. The van der Waals surface area contributed by atoms with Gasteiger partial charge in [-0.05, 0) is 44.4 Å². The molecular weight excluding hydrogens is 264 g/mol. The van der Waals surface area contributed by atoms with Gasteiger partial charge in [-0.15, -0.1) is 0 Å². The maximum absolute atomic E-state index is 11.7. The van der Waals surface area contributed by atoms with E-state index in [1.165, 1.54) is 0 Å². The molecule has 6 heteroatoms. The van der Waals surface area contributed by atoms with Crippen molar-refractivity contribution in [3.63, 3.8) is 0 Å². The molecule has 0 aromatic heterocycles. The minimum Gasteiger partial charge on any atom is -0.365 e. The van der Waals surface area contributed by atoms with Crippen LogP contribution in [0.25, 0.3) is 0 Å². The molecule has 0 bridgehead atoms. The first-order valence-electron chi connectivity index (χ1n) is 6.45. The molecule has 1 aromatic rings. The number of para-hydroxylation sites is 1. The molecule has 1 aromatic carbocycles. The molecule has 1 unspecified atom stereocenters. The van der Waals surface area contributed by atoms with E-state index in [9.17, 15) is 13.0 Å². The van der Waals surface area contributed by atoms with E-state index in [1.807, 2.05) is 18.2 Å². The van der Waals surface area contributed by atoms with Gasteiger partial charge < -0.3 is 11.1 Å². The first kappa shape index (κ1) is 15.9. The topological polar surface area (TPSA) is 92.4 Å². The van der Waals surface area contributed by atoms with Gasteiger partial charge in [-0.3, -0.25) is 4.55 Å². The van der Waals surface area contributed by atoms with Crippen molar-refractivity contribution in [2.24, 2.45) is 5.73 Å². The molecule has 0 saturated heterocycles. The van der Waals surface area contributed by atoms with Crippen LogP contribution in [-0.2, 0) is 10.1 Å². The number of hydrogen-bond acceptors (Lipinski definition) is 4. The van der Waals surface area contributed by atoms with Gasteiger partial charge in [0.25, 0.3) is 10.1 Å². The summed E-state index contributed by atoms with van der Waals surface area (Å²) in [6, 6.07) is 9.02. The first-order valence-corrected chi connectivity index (χ1v) is 7.89. The van der Waals surface area contributed by atoms with E-state index in [2.05, 4.69) is 5.32 Å². The minimum absolute atomic E-state index is 0.283. The maximum Gasteiger partial charge on any atom is 0.289 e. The third-order valence-electron chi connectivity index (χ3n) is 3.25. The molecule has 108 valence electrons. The molecule has 0 saturated carbocycles. The third kappa shape index (κ3) is 4.19. The fourth-order valence-electron chi connectivity index (χ4n) is 2.04. The van der Waals surface area contributed by atoms with E-state index < -0.39 is 15.0 Å². The van der Waals surface area contributed by atoms with Crippen molar-refractivity contribution in [3.8, 4) is 0 Å². The second kappa shape index (κ2) is 6.88. The highest BCUT2D eigenvalue weighted by Crippen LogP contribution is 2.29. The number of anilines is 1. The quantitative estimate of drug-likeness (QED) is 0.503. The summed E-state index contributed by atoms with van der Waals surface area (Å²) >= 11 is 0. The van der Waals surface area contributed by atoms with Gasteiger partial charge >= 0.3 is 0 Å². The monoisotopic (exact) mass is 286 g/mol. The maximum atomic E-state index is 11.7. The van der Waals surface area contributed by atoms with Crippen LogP contribution in [0.3, 0.4) is 0 Å². The summed E-state index contributed by atoms with van der Waals surface area (Å²) in [5.41, 5.74) is 6.10. The van der Waals surface area contributed by atoms with Gasteiger partial charge in [0.15, 0.2) is 4.87 Å².